The number of nitrogens with one attached hydrogen (secondary N) is 1. The number of rotatable bonds is 5. The lowest BCUT2D eigenvalue weighted by Gasteiger charge is -2.13. The van der Waals surface area contributed by atoms with Crippen molar-refractivity contribution in [2.45, 2.75) is 19.6 Å². The van der Waals surface area contributed by atoms with Crippen molar-refractivity contribution in [3.8, 4) is 11.4 Å². The van der Waals surface area contributed by atoms with Gasteiger partial charge in [0.1, 0.15) is 12.4 Å². The first-order chi connectivity index (χ1) is 14.0. The molecule has 156 valence electrons. The van der Waals surface area contributed by atoms with E-state index >= 15 is 0 Å². The number of carbonyl (C=O) groups is 1. The van der Waals surface area contributed by atoms with E-state index in [1.54, 1.807) is 6.92 Å². The number of benzene rings is 2. The van der Waals surface area contributed by atoms with Crippen LogP contribution >= 0.6 is 0 Å². The Morgan fingerprint density at radius 2 is 1.97 bits per heavy atom. The summed E-state index contributed by atoms with van der Waals surface area (Å²) in [4.78, 5) is 22.7. The molecule has 1 amide bonds. The number of aromatic nitrogens is 4. The Labute approximate surface area is 165 Å². The van der Waals surface area contributed by atoms with Gasteiger partial charge in [0, 0.05) is 17.7 Å². The van der Waals surface area contributed by atoms with Crippen LogP contribution in [0.25, 0.3) is 11.4 Å². The van der Waals surface area contributed by atoms with E-state index in [-0.39, 0.29) is 5.82 Å². The Balaban J connectivity index is 1.77. The third-order valence-corrected chi connectivity index (χ3v) is 3.95. The number of carbonyl (C=O) groups excluding carboxylic acids is 1. The summed E-state index contributed by atoms with van der Waals surface area (Å²) >= 11 is 0. The zero-order chi connectivity index (χ0) is 22.1. The van der Waals surface area contributed by atoms with Gasteiger partial charge in [0.15, 0.2) is 0 Å². The fraction of sp³-hybridized carbons (Fsp3) is 0.176. The molecular formula is C17H12F4N6O3. The van der Waals surface area contributed by atoms with Crippen LogP contribution in [0.4, 0.5) is 28.9 Å². The van der Waals surface area contributed by atoms with Crippen LogP contribution in [0, 0.1) is 22.9 Å². The number of tetrazole rings is 1. The quantitative estimate of drug-likeness (QED) is 0.382. The molecule has 0 aliphatic carbocycles. The Kier molecular flexibility index (Phi) is 5.45. The summed E-state index contributed by atoms with van der Waals surface area (Å²) in [5.41, 5.74) is -1.99. The Hall–Kier alpha value is -3.90. The first-order valence-electron chi connectivity index (χ1n) is 8.24. The van der Waals surface area contributed by atoms with Gasteiger partial charge in [-0.15, -0.1) is 10.2 Å². The van der Waals surface area contributed by atoms with Crippen LogP contribution in [0.5, 0.6) is 0 Å². The topological polar surface area (TPSA) is 116 Å². The van der Waals surface area contributed by atoms with Gasteiger partial charge in [0.2, 0.25) is 11.7 Å². The molecule has 30 heavy (non-hydrogen) atoms. The minimum atomic E-state index is -4.92. The highest BCUT2D eigenvalue weighted by Crippen LogP contribution is 2.37. The number of non-ortho nitro benzene ring substituents is 1. The van der Waals surface area contributed by atoms with E-state index in [4.69, 9.17) is 0 Å². The van der Waals surface area contributed by atoms with Gasteiger partial charge in [-0.2, -0.15) is 18.0 Å². The Morgan fingerprint density at radius 1 is 1.23 bits per heavy atom. The Bertz CT molecular complexity index is 1130. The largest absolute Gasteiger partial charge is 0.418 e. The summed E-state index contributed by atoms with van der Waals surface area (Å²) < 4.78 is 52.9. The molecule has 9 nitrogen and oxygen atoms in total. The number of amides is 1. The maximum atomic E-state index is 13.4. The van der Waals surface area contributed by atoms with Crippen molar-refractivity contribution in [3.63, 3.8) is 0 Å². The lowest BCUT2D eigenvalue weighted by atomic mass is 10.1. The van der Waals surface area contributed by atoms with Crippen LogP contribution in [-0.2, 0) is 17.5 Å². The van der Waals surface area contributed by atoms with Gasteiger partial charge < -0.3 is 5.32 Å². The molecule has 1 aromatic heterocycles. The zero-order valence-corrected chi connectivity index (χ0v) is 15.1. The van der Waals surface area contributed by atoms with Crippen LogP contribution in [0.3, 0.4) is 0 Å². The molecule has 0 bridgehead atoms. The SMILES string of the molecule is Cc1cc(-c2nnn(CC(=O)Nc3ccc([N+](=O)[O-])cc3C(F)(F)F)n2)ccc1F. The highest BCUT2D eigenvalue weighted by Gasteiger charge is 2.35. The molecule has 1 N–H and O–H groups in total. The van der Waals surface area contributed by atoms with E-state index in [2.05, 4.69) is 15.4 Å². The third kappa shape index (κ3) is 4.56. The second kappa shape index (κ2) is 7.85. The lowest BCUT2D eigenvalue weighted by Crippen LogP contribution is -2.22. The van der Waals surface area contributed by atoms with E-state index in [1.165, 1.54) is 18.2 Å². The number of alkyl halides is 3. The van der Waals surface area contributed by atoms with Crippen LogP contribution in [-0.4, -0.2) is 31.0 Å². The summed E-state index contributed by atoms with van der Waals surface area (Å²) in [7, 11) is 0. The maximum Gasteiger partial charge on any atom is 0.418 e. The number of nitrogens with zero attached hydrogens (tertiary/aromatic N) is 5. The van der Waals surface area contributed by atoms with Gasteiger partial charge in [0.05, 0.1) is 16.2 Å². The molecule has 2 aromatic carbocycles. The highest BCUT2D eigenvalue weighted by molar-refractivity contribution is 5.91. The minimum absolute atomic E-state index is 0.0946. The van der Waals surface area contributed by atoms with Gasteiger partial charge in [-0.3, -0.25) is 14.9 Å². The zero-order valence-electron chi connectivity index (χ0n) is 15.1. The van der Waals surface area contributed by atoms with Gasteiger partial charge in [-0.1, -0.05) is 0 Å². The van der Waals surface area contributed by atoms with Crippen LogP contribution in [0.1, 0.15) is 11.1 Å². The summed E-state index contributed by atoms with van der Waals surface area (Å²) in [5, 5.41) is 24.1. The molecule has 3 aromatic rings. The van der Waals surface area contributed by atoms with Crippen molar-refractivity contribution in [1.82, 2.24) is 20.2 Å². The molecule has 0 saturated heterocycles. The van der Waals surface area contributed by atoms with Gasteiger partial charge in [0.25, 0.3) is 5.69 Å². The lowest BCUT2D eigenvalue weighted by molar-refractivity contribution is -0.385. The van der Waals surface area contributed by atoms with Crippen LogP contribution in [0.15, 0.2) is 36.4 Å². The smallest absolute Gasteiger partial charge is 0.324 e. The predicted octanol–water partition coefficient (Wildman–Crippen LogP) is 3.35. The highest BCUT2D eigenvalue weighted by atomic mass is 19.4. The molecule has 0 aliphatic rings. The summed E-state index contributed by atoms with van der Waals surface area (Å²) in [6.07, 6.45) is -4.92. The molecule has 0 saturated carbocycles. The van der Waals surface area contributed by atoms with Crippen molar-refractivity contribution in [2.75, 3.05) is 5.32 Å². The van der Waals surface area contributed by atoms with E-state index in [0.29, 0.717) is 17.2 Å². The second-order valence-electron chi connectivity index (χ2n) is 6.14. The van der Waals surface area contributed by atoms with Crippen molar-refractivity contribution in [2.24, 2.45) is 0 Å². The fourth-order valence-electron chi connectivity index (χ4n) is 2.52. The first kappa shape index (κ1) is 20.8. The first-order valence-corrected chi connectivity index (χ1v) is 8.24. The van der Waals surface area contributed by atoms with Gasteiger partial charge in [-0.25, -0.2) is 4.39 Å². The summed E-state index contributed by atoms with van der Waals surface area (Å²) in [5.74, 6) is -1.24. The predicted molar refractivity (Wildman–Crippen MR) is 94.7 cm³/mol. The van der Waals surface area contributed by atoms with E-state index in [9.17, 15) is 32.5 Å². The summed E-state index contributed by atoms with van der Waals surface area (Å²) in [6, 6.07) is 6.07. The molecule has 13 heteroatoms. The summed E-state index contributed by atoms with van der Waals surface area (Å²) in [6.45, 7) is 0.973. The van der Waals surface area contributed by atoms with Crippen molar-refractivity contribution in [3.05, 3.63) is 63.5 Å². The number of anilines is 1. The number of hydrogen-bond acceptors (Lipinski definition) is 6. The molecule has 0 spiro atoms. The monoisotopic (exact) mass is 424 g/mol. The molecule has 0 aliphatic heterocycles. The second-order valence-corrected chi connectivity index (χ2v) is 6.14. The van der Waals surface area contributed by atoms with E-state index < -0.39 is 46.3 Å². The van der Waals surface area contributed by atoms with Gasteiger partial charge >= 0.3 is 6.18 Å². The van der Waals surface area contributed by atoms with Crippen molar-refractivity contribution < 1.29 is 27.3 Å². The molecule has 1 heterocycles. The standard InChI is InChI=1S/C17H12F4N6O3/c1-9-6-10(2-4-13(9)18)16-23-25-26(24-16)8-15(28)22-14-5-3-11(27(29)30)7-12(14)17(19,20)21/h2-7H,8H2,1H3,(H,22,28). The van der Waals surface area contributed by atoms with Crippen molar-refractivity contribution in [1.29, 1.82) is 0 Å². The van der Waals surface area contributed by atoms with Crippen LogP contribution < -0.4 is 5.32 Å². The van der Waals surface area contributed by atoms with E-state index in [1.807, 2.05) is 5.32 Å². The molecule has 0 unspecified atom stereocenters. The molecule has 0 atom stereocenters. The van der Waals surface area contributed by atoms with E-state index in [0.717, 1.165) is 16.9 Å². The normalized spacial score (nSPS) is 11.4. The number of nitro groups is 1. The molecule has 0 radical (unpaired) electrons. The van der Waals surface area contributed by atoms with Crippen molar-refractivity contribution >= 4 is 17.3 Å². The number of hydrogen-bond donors (Lipinski definition) is 1. The maximum absolute atomic E-state index is 13.4. The average molecular weight is 424 g/mol. The minimum Gasteiger partial charge on any atom is -0.324 e. The Morgan fingerprint density at radius 3 is 2.60 bits per heavy atom. The molecule has 3 rings (SSSR count). The number of nitro benzene ring substituents is 1. The fourth-order valence-corrected chi connectivity index (χ4v) is 2.52. The average Bonchev–Trinajstić information content (AvgIpc) is 3.11. The van der Waals surface area contributed by atoms with Crippen LogP contribution in [0.2, 0.25) is 0 Å². The number of halogens is 4. The number of aryl methyl sites for hydroxylation is 1. The molecular weight excluding hydrogens is 412 g/mol. The molecule has 0 fully saturated rings. The third-order valence-electron chi connectivity index (χ3n) is 3.95. The van der Waals surface area contributed by atoms with Gasteiger partial charge in [-0.05, 0) is 42.0 Å².